The van der Waals surface area contributed by atoms with E-state index in [1.807, 2.05) is 38.1 Å². The van der Waals surface area contributed by atoms with E-state index in [4.69, 9.17) is 0 Å². The molecule has 0 radical (unpaired) electrons. The summed E-state index contributed by atoms with van der Waals surface area (Å²) < 4.78 is 0.795. The van der Waals surface area contributed by atoms with Crippen LogP contribution in [-0.4, -0.2) is 18.4 Å². The fourth-order valence-electron chi connectivity index (χ4n) is 2.13. The van der Waals surface area contributed by atoms with E-state index in [1.54, 1.807) is 18.2 Å². The van der Waals surface area contributed by atoms with E-state index < -0.39 is 0 Å². The van der Waals surface area contributed by atoms with Crippen LogP contribution in [0.5, 0.6) is 0 Å². The molecular formula is C17H17BrN2O2. The van der Waals surface area contributed by atoms with Crippen molar-refractivity contribution in [2.24, 2.45) is 0 Å². The van der Waals surface area contributed by atoms with Gasteiger partial charge in [0.15, 0.2) is 0 Å². The predicted molar refractivity (Wildman–Crippen MR) is 91.0 cm³/mol. The zero-order valence-corrected chi connectivity index (χ0v) is 14.0. The summed E-state index contributed by atoms with van der Waals surface area (Å²) >= 11 is 3.36. The second kappa shape index (κ2) is 7.22. The highest BCUT2D eigenvalue weighted by Crippen LogP contribution is 2.20. The number of amides is 2. The average Bonchev–Trinajstić information content (AvgIpc) is 2.46. The van der Waals surface area contributed by atoms with Crippen LogP contribution in [0.25, 0.3) is 0 Å². The number of nitrogens with one attached hydrogen (secondary N) is 2. The van der Waals surface area contributed by atoms with Crippen molar-refractivity contribution in [3.8, 4) is 0 Å². The van der Waals surface area contributed by atoms with Gasteiger partial charge < -0.3 is 10.6 Å². The highest BCUT2D eigenvalue weighted by molar-refractivity contribution is 9.10. The Labute approximate surface area is 138 Å². The molecule has 0 heterocycles. The topological polar surface area (TPSA) is 58.2 Å². The molecule has 0 fully saturated rings. The van der Waals surface area contributed by atoms with Gasteiger partial charge in [-0.05, 0) is 54.0 Å². The van der Waals surface area contributed by atoms with Crippen molar-refractivity contribution in [2.45, 2.75) is 13.8 Å². The molecule has 0 saturated carbocycles. The third kappa shape index (κ3) is 4.43. The summed E-state index contributed by atoms with van der Waals surface area (Å²) in [5, 5.41) is 5.37. The van der Waals surface area contributed by atoms with Crippen LogP contribution in [0, 0.1) is 13.8 Å². The second-order valence-electron chi connectivity index (χ2n) is 5.09. The van der Waals surface area contributed by atoms with Gasteiger partial charge in [-0.3, -0.25) is 9.59 Å². The second-order valence-corrected chi connectivity index (χ2v) is 5.94. The summed E-state index contributed by atoms with van der Waals surface area (Å²) in [5.74, 6) is -0.529. The minimum atomic E-state index is -0.273. The zero-order valence-electron chi connectivity index (χ0n) is 12.4. The number of rotatable bonds is 4. The Balaban J connectivity index is 1.93. The quantitative estimate of drug-likeness (QED) is 0.877. The largest absolute Gasteiger partial charge is 0.343 e. The molecule has 0 aromatic heterocycles. The van der Waals surface area contributed by atoms with Crippen LogP contribution in [-0.2, 0) is 4.79 Å². The standard InChI is InChI=1S/C17H17BrN2O2/c1-11-7-12(2)9-13(8-11)17(22)19-10-16(21)20-15-6-4-3-5-14(15)18/h3-9H,10H2,1-2H3,(H,19,22)(H,20,21). The fourth-order valence-corrected chi connectivity index (χ4v) is 2.51. The van der Waals surface area contributed by atoms with Crippen molar-refractivity contribution in [1.29, 1.82) is 0 Å². The van der Waals surface area contributed by atoms with Crippen LogP contribution < -0.4 is 10.6 Å². The first-order valence-electron chi connectivity index (χ1n) is 6.86. The minimum Gasteiger partial charge on any atom is -0.343 e. The molecule has 5 heteroatoms. The SMILES string of the molecule is Cc1cc(C)cc(C(=O)NCC(=O)Nc2ccccc2Br)c1. The lowest BCUT2D eigenvalue weighted by atomic mass is 10.1. The van der Waals surface area contributed by atoms with Crippen LogP contribution in [0.3, 0.4) is 0 Å². The van der Waals surface area contributed by atoms with E-state index in [1.165, 1.54) is 0 Å². The van der Waals surface area contributed by atoms with Crippen LogP contribution in [0.15, 0.2) is 46.9 Å². The van der Waals surface area contributed by atoms with E-state index in [0.717, 1.165) is 15.6 Å². The Morgan fingerprint density at radius 1 is 1.05 bits per heavy atom. The Morgan fingerprint density at radius 3 is 2.32 bits per heavy atom. The molecule has 2 aromatic rings. The Kier molecular flexibility index (Phi) is 5.33. The molecule has 0 atom stereocenters. The van der Waals surface area contributed by atoms with E-state index in [-0.39, 0.29) is 18.4 Å². The number of benzene rings is 2. The Morgan fingerprint density at radius 2 is 1.68 bits per heavy atom. The molecule has 114 valence electrons. The lowest BCUT2D eigenvalue weighted by Crippen LogP contribution is -2.33. The summed E-state index contributed by atoms with van der Waals surface area (Å²) in [6.45, 7) is 3.79. The highest BCUT2D eigenvalue weighted by Gasteiger charge is 2.10. The molecular weight excluding hydrogens is 344 g/mol. The van der Waals surface area contributed by atoms with Gasteiger partial charge in [-0.1, -0.05) is 29.3 Å². The van der Waals surface area contributed by atoms with Gasteiger partial charge in [0.25, 0.3) is 5.91 Å². The van der Waals surface area contributed by atoms with E-state index in [0.29, 0.717) is 11.3 Å². The van der Waals surface area contributed by atoms with Crippen LogP contribution in [0.1, 0.15) is 21.5 Å². The van der Waals surface area contributed by atoms with Gasteiger partial charge in [-0.15, -0.1) is 0 Å². The van der Waals surface area contributed by atoms with Crippen LogP contribution in [0.2, 0.25) is 0 Å². The van der Waals surface area contributed by atoms with Gasteiger partial charge in [0, 0.05) is 10.0 Å². The summed E-state index contributed by atoms with van der Waals surface area (Å²) in [4.78, 5) is 24.0. The predicted octanol–water partition coefficient (Wildman–Crippen LogP) is 3.43. The zero-order chi connectivity index (χ0) is 16.1. The number of hydrogen-bond donors (Lipinski definition) is 2. The van der Waals surface area contributed by atoms with Crippen molar-refractivity contribution in [3.05, 3.63) is 63.6 Å². The van der Waals surface area contributed by atoms with Crippen molar-refractivity contribution in [2.75, 3.05) is 11.9 Å². The van der Waals surface area contributed by atoms with Crippen molar-refractivity contribution in [1.82, 2.24) is 5.32 Å². The van der Waals surface area contributed by atoms with Crippen molar-refractivity contribution < 1.29 is 9.59 Å². The van der Waals surface area contributed by atoms with E-state index in [2.05, 4.69) is 26.6 Å². The Hall–Kier alpha value is -2.14. The van der Waals surface area contributed by atoms with Gasteiger partial charge in [-0.25, -0.2) is 0 Å². The molecule has 0 spiro atoms. The average molecular weight is 361 g/mol. The smallest absolute Gasteiger partial charge is 0.251 e. The summed E-state index contributed by atoms with van der Waals surface area (Å²) in [6, 6.07) is 12.9. The summed E-state index contributed by atoms with van der Waals surface area (Å²) in [6.07, 6.45) is 0. The number of anilines is 1. The maximum absolute atomic E-state index is 12.1. The van der Waals surface area contributed by atoms with Crippen molar-refractivity contribution >= 4 is 33.4 Å². The number of para-hydroxylation sites is 1. The van der Waals surface area contributed by atoms with E-state index in [9.17, 15) is 9.59 Å². The number of aryl methyl sites for hydroxylation is 2. The summed E-state index contributed by atoms with van der Waals surface area (Å²) in [7, 11) is 0. The van der Waals surface area contributed by atoms with Crippen LogP contribution >= 0.6 is 15.9 Å². The lowest BCUT2D eigenvalue weighted by molar-refractivity contribution is -0.115. The number of hydrogen-bond acceptors (Lipinski definition) is 2. The van der Waals surface area contributed by atoms with Gasteiger partial charge >= 0.3 is 0 Å². The molecule has 22 heavy (non-hydrogen) atoms. The van der Waals surface area contributed by atoms with Gasteiger partial charge in [-0.2, -0.15) is 0 Å². The van der Waals surface area contributed by atoms with E-state index >= 15 is 0 Å². The number of carbonyl (C=O) groups is 2. The molecule has 0 bridgehead atoms. The normalized spacial score (nSPS) is 10.1. The summed E-state index contributed by atoms with van der Waals surface area (Å²) in [5.41, 5.74) is 3.27. The lowest BCUT2D eigenvalue weighted by Gasteiger charge is -2.09. The molecule has 2 N–H and O–H groups in total. The molecule has 0 saturated heterocycles. The highest BCUT2D eigenvalue weighted by atomic mass is 79.9. The molecule has 4 nitrogen and oxygen atoms in total. The molecule has 0 aliphatic heterocycles. The minimum absolute atomic E-state index is 0.0762. The monoisotopic (exact) mass is 360 g/mol. The maximum atomic E-state index is 12.1. The van der Waals surface area contributed by atoms with Gasteiger partial charge in [0.1, 0.15) is 0 Å². The molecule has 2 rings (SSSR count). The number of carbonyl (C=O) groups excluding carboxylic acids is 2. The molecule has 0 aliphatic carbocycles. The first-order chi connectivity index (χ1) is 10.5. The molecule has 2 aromatic carbocycles. The van der Waals surface area contributed by atoms with Crippen LogP contribution in [0.4, 0.5) is 5.69 Å². The first-order valence-corrected chi connectivity index (χ1v) is 7.66. The molecule has 2 amide bonds. The number of halogens is 1. The third-order valence-electron chi connectivity index (χ3n) is 3.04. The van der Waals surface area contributed by atoms with Crippen molar-refractivity contribution in [3.63, 3.8) is 0 Å². The Bertz CT molecular complexity index is 693. The molecule has 0 aliphatic rings. The third-order valence-corrected chi connectivity index (χ3v) is 3.73. The fraction of sp³-hybridized carbons (Fsp3) is 0.176. The maximum Gasteiger partial charge on any atom is 0.251 e. The van der Waals surface area contributed by atoms with Gasteiger partial charge in [0.2, 0.25) is 5.91 Å². The van der Waals surface area contributed by atoms with Gasteiger partial charge in [0.05, 0.1) is 12.2 Å². The molecule has 0 unspecified atom stereocenters. The first kappa shape index (κ1) is 16.2.